The van der Waals surface area contributed by atoms with Crippen LogP contribution in [-0.2, 0) is 9.53 Å². The third-order valence-corrected chi connectivity index (χ3v) is 2.55. The number of rotatable bonds is 3. The van der Waals surface area contributed by atoms with E-state index in [2.05, 4.69) is 14.8 Å². The molecule has 2 heterocycles. The van der Waals surface area contributed by atoms with Gasteiger partial charge in [-0.3, -0.25) is 9.67 Å². The Kier molecular flexibility index (Phi) is 3.18. The summed E-state index contributed by atoms with van der Waals surface area (Å²) in [5, 5.41) is 4.16. The van der Waals surface area contributed by atoms with Crippen molar-refractivity contribution in [2.75, 3.05) is 7.11 Å². The van der Waals surface area contributed by atoms with Crippen LogP contribution in [-0.4, -0.2) is 27.8 Å². The standard InChI is InChI=1S/C12H13N3O2/c1-9(12(16)17-2)15-8-11(7-14-15)10-3-5-13-6-4-10/h3-9H,1-2H3/t9-/m1/s1. The molecule has 0 bridgehead atoms. The molecular weight excluding hydrogens is 218 g/mol. The van der Waals surface area contributed by atoms with Gasteiger partial charge in [0, 0.05) is 24.2 Å². The first-order valence-electron chi connectivity index (χ1n) is 5.24. The molecule has 0 unspecified atom stereocenters. The van der Waals surface area contributed by atoms with Gasteiger partial charge in [0.1, 0.15) is 6.04 Å². The fourth-order valence-electron chi connectivity index (χ4n) is 1.52. The maximum Gasteiger partial charge on any atom is 0.330 e. The fourth-order valence-corrected chi connectivity index (χ4v) is 1.52. The Labute approximate surface area is 99.1 Å². The molecule has 0 saturated heterocycles. The highest BCUT2D eigenvalue weighted by molar-refractivity contribution is 5.73. The van der Waals surface area contributed by atoms with Gasteiger partial charge in [-0.15, -0.1) is 0 Å². The lowest BCUT2D eigenvalue weighted by Crippen LogP contribution is -2.17. The van der Waals surface area contributed by atoms with E-state index in [1.54, 1.807) is 30.2 Å². The number of aromatic nitrogens is 3. The molecule has 2 rings (SSSR count). The summed E-state index contributed by atoms with van der Waals surface area (Å²) in [7, 11) is 1.37. The summed E-state index contributed by atoms with van der Waals surface area (Å²) < 4.78 is 6.26. The zero-order valence-electron chi connectivity index (χ0n) is 9.70. The van der Waals surface area contributed by atoms with E-state index in [1.807, 2.05) is 18.3 Å². The van der Waals surface area contributed by atoms with Crippen molar-refractivity contribution in [3.63, 3.8) is 0 Å². The van der Waals surface area contributed by atoms with Gasteiger partial charge in [-0.05, 0) is 24.6 Å². The molecule has 0 spiro atoms. The molecule has 0 N–H and O–H groups in total. The molecule has 5 nitrogen and oxygen atoms in total. The summed E-state index contributed by atoms with van der Waals surface area (Å²) in [5.74, 6) is -0.311. The van der Waals surface area contributed by atoms with Crippen molar-refractivity contribution in [2.24, 2.45) is 0 Å². The number of pyridine rings is 1. The van der Waals surface area contributed by atoms with Crippen LogP contribution in [0.1, 0.15) is 13.0 Å². The van der Waals surface area contributed by atoms with Crippen LogP contribution in [0.25, 0.3) is 11.1 Å². The second kappa shape index (κ2) is 4.78. The minimum absolute atomic E-state index is 0.311. The maximum atomic E-state index is 11.4. The lowest BCUT2D eigenvalue weighted by Gasteiger charge is -2.08. The summed E-state index contributed by atoms with van der Waals surface area (Å²) in [6, 6.07) is 3.37. The Balaban J connectivity index is 2.25. The summed E-state index contributed by atoms with van der Waals surface area (Å²) >= 11 is 0. The van der Waals surface area contributed by atoms with E-state index in [9.17, 15) is 4.79 Å². The molecule has 5 heteroatoms. The van der Waals surface area contributed by atoms with Crippen LogP contribution in [0.5, 0.6) is 0 Å². The zero-order chi connectivity index (χ0) is 12.3. The van der Waals surface area contributed by atoms with Gasteiger partial charge < -0.3 is 4.74 Å². The fraction of sp³-hybridized carbons (Fsp3) is 0.250. The number of esters is 1. The topological polar surface area (TPSA) is 57.0 Å². The minimum atomic E-state index is -0.421. The molecule has 17 heavy (non-hydrogen) atoms. The molecule has 0 aliphatic heterocycles. The molecule has 2 aromatic rings. The molecule has 0 aromatic carbocycles. The largest absolute Gasteiger partial charge is 0.467 e. The van der Waals surface area contributed by atoms with Crippen LogP contribution < -0.4 is 0 Å². The molecule has 0 fully saturated rings. The molecular formula is C12H13N3O2. The van der Waals surface area contributed by atoms with Crippen LogP contribution in [0.15, 0.2) is 36.9 Å². The number of hydrogen-bond acceptors (Lipinski definition) is 4. The quantitative estimate of drug-likeness (QED) is 0.754. The summed E-state index contributed by atoms with van der Waals surface area (Å²) in [6.07, 6.45) is 6.97. The number of nitrogens with zero attached hydrogens (tertiary/aromatic N) is 3. The second-order valence-corrected chi connectivity index (χ2v) is 3.64. The number of methoxy groups -OCH3 is 1. The Morgan fingerprint density at radius 3 is 2.71 bits per heavy atom. The molecule has 0 aliphatic rings. The smallest absolute Gasteiger partial charge is 0.330 e. The first-order chi connectivity index (χ1) is 8.22. The van der Waals surface area contributed by atoms with Gasteiger partial charge in [0.2, 0.25) is 0 Å². The number of hydrogen-bond donors (Lipinski definition) is 0. The van der Waals surface area contributed by atoms with Crippen molar-refractivity contribution in [3.8, 4) is 11.1 Å². The van der Waals surface area contributed by atoms with E-state index in [0.29, 0.717) is 0 Å². The lowest BCUT2D eigenvalue weighted by molar-refractivity contribution is -0.144. The van der Waals surface area contributed by atoms with Crippen LogP contribution in [0.4, 0.5) is 0 Å². The predicted octanol–water partition coefficient (Wildman–Crippen LogP) is 1.68. The summed E-state index contributed by atoms with van der Waals surface area (Å²) in [5.41, 5.74) is 1.96. The molecule has 0 radical (unpaired) electrons. The van der Waals surface area contributed by atoms with Crippen molar-refractivity contribution < 1.29 is 9.53 Å². The first-order valence-corrected chi connectivity index (χ1v) is 5.24. The third-order valence-electron chi connectivity index (χ3n) is 2.55. The van der Waals surface area contributed by atoms with Gasteiger partial charge in [0.05, 0.1) is 13.3 Å². The normalized spacial score (nSPS) is 12.1. The summed E-state index contributed by atoms with van der Waals surface area (Å²) in [4.78, 5) is 15.3. The Morgan fingerprint density at radius 1 is 1.35 bits per heavy atom. The van der Waals surface area contributed by atoms with Gasteiger partial charge in [-0.1, -0.05) is 0 Å². The number of carbonyl (C=O) groups excluding carboxylic acids is 1. The van der Waals surface area contributed by atoms with E-state index in [-0.39, 0.29) is 5.97 Å². The molecule has 88 valence electrons. The van der Waals surface area contributed by atoms with Crippen LogP contribution in [0, 0.1) is 0 Å². The van der Waals surface area contributed by atoms with E-state index < -0.39 is 6.04 Å². The Morgan fingerprint density at radius 2 is 2.06 bits per heavy atom. The average Bonchev–Trinajstić information content (AvgIpc) is 2.87. The van der Waals surface area contributed by atoms with Crippen molar-refractivity contribution in [1.82, 2.24) is 14.8 Å². The van der Waals surface area contributed by atoms with Gasteiger partial charge in [-0.25, -0.2) is 4.79 Å². The highest BCUT2D eigenvalue weighted by Gasteiger charge is 2.16. The van der Waals surface area contributed by atoms with Crippen molar-refractivity contribution in [3.05, 3.63) is 36.9 Å². The molecule has 0 saturated carbocycles. The predicted molar refractivity (Wildman–Crippen MR) is 62.2 cm³/mol. The average molecular weight is 231 g/mol. The minimum Gasteiger partial charge on any atom is -0.467 e. The van der Waals surface area contributed by atoms with E-state index >= 15 is 0 Å². The Bertz CT molecular complexity index is 507. The lowest BCUT2D eigenvalue weighted by atomic mass is 10.1. The van der Waals surface area contributed by atoms with Gasteiger partial charge in [0.25, 0.3) is 0 Å². The van der Waals surface area contributed by atoms with Crippen LogP contribution in [0.2, 0.25) is 0 Å². The van der Waals surface area contributed by atoms with E-state index in [1.165, 1.54) is 7.11 Å². The molecule has 0 aliphatic carbocycles. The van der Waals surface area contributed by atoms with Gasteiger partial charge in [-0.2, -0.15) is 5.10 Å². The van der Waals surface area contributed by atoms with Gasteiger partial charge in [0.15, 0.2) is 0 Å². The summed E-state index contributed by atoms with van der Waals surface area (Å²) in [6.45, 7) is 1.75. The highest BCUT2D eigenvalue weighted by atomic mass is 16.5. The number of ether oxygens (including phenoxy) is 1. The maximum absolute atomic E-state index is 11.4. The highest BCUT2D eigenvalue weighted by Crippen LogP contribution is 2.19. The molecule has 2 aromatic heterocycles. The van der Waals surface area contributed by atoms with E-state index in [4.69, 9.17) is 0 Å². The van der Waals surface area contributed by atoms with Gasteiger partial charge >= 0.3 is 5.97 Å². The second-order valence-electron chi connectivity index (χ2n) is 3.64. The molecule has 0 amide bonds. The van der Waals surface area contributed by atoms with E-state index in [0.717, 1.165) is 11.1 Å². The third kappa shape index (κ3) is 2.33. The monoisotopic (exact) mass is 231 g/mol. The van der Waals surface area contributed by atoms with Crippen molar-refractivity contribution >= 4 is 5.97 Å². The van der Waals surface area contributed by atoms with Crippen molar-refractivity contribution in [1.29, 1.82) is 0 Å². The van der Waals surface area contributed by atoms with Crippen molar-refractivity contribution in [2.45, 2.75) is 13.0 Å². The Hall–Kier alpha value is -2.17. The van der Waals surface area contributed by atoms with Crippen LogP contribution >= 0.6 is 0 Å². The molecule has 1 atom stereocenters. The first kappa shape index (κ1) is 11.3. The van der Waals surface area contributed by atoms with Crippen LogP contribution in [0.3, 0.4) is 0 Å². The zero-order valence-corrected chi connectivity index (χ0v) is 9.70. The SMILES string of the molecule is COC(=O)[C@@H](C)n1cc(-c2ccncc2)cn1. The number of carbonyl (C=O) groups is 1.